The lowest BCUT2D eigenvalue weighted by molar-refractivity contribution is 0.0594. The minimum Gasteiger partial charge on any atom is -0.524 e. The summed E-state index contributed by atoms with van der Waals surface area (Å²) in [6.45, 7) is 5.08. The summed E-state index contributed by atoms with van der Waals surface area (Å²) in [5.41, 5.74) is -0.975. The number of hydrogen-bond donors (Lipinski definition) is 2. The molecule has 0 aliphatic heterocycles. The number of nitrogens with zero attached hydrogens (tertiary/aromatic N) is 2. The molecule has 9 nitrogen and oxygen atoms in total. The number of nitrogens with one attached hydrogen (secondary N) is 1. The van der Waals surface area contributed by atoms with Gasteiger partial charge in [0.15, 0.2) is 11.5 Å². The summed E-state index contributed by atoms with van der Waals surface area (Å²) in [6.07, 6.45) is 0.341. The molecular weight excluding hydrogens is 281 g/mol. The number of hydrogen-bond acceptors (Lipinski definition) is 8. The van der Waals surface area contributed by atoms with Crippen LogP contribution in [0.4, 0.5) is 10.6 Å². The number of rotatable bonds is 4. The average molecular weight is 297 g/mol. The maximum Gasteiger partial charge on any atom is 0.505 e. The third-order valence-electron chi connectivity index (χ3n) is 1.96. The number of carbonyl (C=O) groups is 2. The smallest absolute Gasteiger partial charge is 0.505 e. The molecule has 0 radical (unpaired) electrons. The minimum absolute atomic E-state index is 0.0901. The second-order valence-corrected chi connectivity index (χ2v) is 4.80. The van der Waals surface area contributed by atoms with Gasteiger partial charge in [0.1, 0.15) is 5.60 Å². The molecule has 1 aromatic heterocycles. The van der Waals surface area contributed by atoms with E-state index in [1.165, 1.54) is 0 Å². The monoisotopic (exact) mass is 297 g/mol. The van der Waals surface area contributed by atoms with Crippen molar-refractivity contribution in [1.82, 2.24) is 9.97 Å². The number of anilines is 1. The maximum atomic E-state index is 11.7. The molecule has 0 bridgehead atoms. The van der Waals surface area contributed by atoms with E-state index < -0.39 is 25.3 Å². The number of aromatic nitrogens is 2. The summed E-state index contributed by atoms with van der Waals surface area (Å²) in [5.74, 6) is -1.05. The highest BCUT2D eigenvalue weighted by Gasteiger charge is 2.22. The fourth-order valence-corrected chi connectivity index (χ4v) is 1.24. The molecule has 114 valence electrons. The summed E-state index contributed by atoms with van der Waals surface area (Å²) in [6, 6.07) is 0. The predicted octanol–water partition coefficient (Wildman–Crippen LogP) is 0.248. The summed E-state index contributed by atoms with van der Waals surface area (Å²) in [4.78, 5) is 30.9. The van der Waals surface area contributed by atoms with Gasteiger partial charge in [-0.2, -0.15) is 0 Å². The highest BCUT2D eigenvalue weighted by Crippen LogP contribution is 2.17. The first-order valence-electron chi connectivity index (χ1n) is 5.96. The molecule has 0 spiro atoms. The van der Waals surface area contributed by atoms with Gasteiger partial charge in [0.25, 0.3) is 0 Å². The van der Waals surface area contributed by atoms with Crippen LogP contribution in [-0.4, -0.2) is 47.5 Å². The predicted molar refractivity (Wildman–Crippen MR) is 73.2 cm³/mol. The standard InChI is InChI=1S/C11H16BN3O6/c1-11(2,3)20-10(17)15-8-7(9(16)19-4)14-6(5-13-8)21-12-18/h5,12,18H,1-4H3,(H,13,15,17). The Labute approximate surface area is 121 Å². The van der Waals surface area contributed by atoms with E-state index in [0.29, 0.717) is 0 Å². The van der Waals surface area contributed by atoms with Gasteiger partial charge in [-0.05, 0) is 20.8 Å². The molecule has 1 rings (SSSR count). The Balaban J connectivity index is 3.00. The summed E-state index contributed by atoms with van der Waals surface area (Å²) in [7, 11) is 0.523. The molecule has 1 aromatic rings. The van der Waals surface area contributed by atoms with E-state index in [0.717, 1.165) is 13.3 Å². The Kier molecular flexibility index (Phi) is 5.48. The van der Waals surface area contributed by atoms with Crippen LogP contribution in [0.3, 0.4) is 0 Å². The van der Waals surface area contributed by atoms with Crippen LogP contribution in [0, 0.1) is 0 Å². The maximum absolute atomic E-state index is 11.7. The topological polar surface area (TPSA) is 120 Å². The molecule has 2 N–H and O–H groups in total. The number of ether oxygens (including phenoxy) is 2. The highest BCUT2D eigenvalue weighted by molar-refractivity contribution is 6.17. The molecule has 0 aliphatic carbocycles. The van der Waals surface area contributed by atoms with Gasteiger partial charge < -0.3 is 19.2 Å². The molecule has 0 saturated heterocycles. The Hall–Kier alpha value is -2.36. The van der Waals surface area contributed by atoms with E-state index in [1.54, 1.807) is 20.8 Å². The largest absolute Gasteiger partial charge is 0.524 e. The zero-order valence-electron chi connectivity index (χ0n) is 12.2. The summed E-state index contributed by atoms with van der Waals surface area (Å²) >= 11 is 0. The number of methoxy groups -OCH3 is 1. The minimum atomic E-state index is -0.822. The van der Waals surface area contributed by atoms with E-state index in [9.17, 15) is 9.59 Å². The number of esters is 1. The lowest BCUT2D eigenvalue weighted by Crippen LogP contribution is -2.28. The van der Waals surface area contributed by atoms with Crippen LogP contribution in [-0.2, 0) is 9.47 Å². The molecule has 0 aromatic carbocycles. The number of amides is 1. The van der Waals surface area contributed by atoms with Crippen LogP contribution in [0.5, 0.6) is 5.88 Å². The van der Waals surface area contributed by atoms with Crippen molar-refractivity contribution in [2.75, 3.05) is 12.4 Å². The average Bonchev–Trinajstić information content (AvgIpc) is 2.37. The van der Waals surface area contributed by atoms with Gasteiger partial charge in [-0.25, -0.2) is 19.6 Å². The molecule has 1 amide bonds. The van der Waals surface area contributed by atoms with Crippen molar-refractivity contribution < 1.29 is 28.7 Å². The van der Waals surface area contributed by atoms with Crippen molar-refractivity contribution in [3.63, 3.8) is 0 Å². The van der Waals surface area contributed by atoms with E-state index in [2.05, 4.69) is 20.0 Å². The van der Waals surface area contributed by atoms with Crippen LogP contribution in [0.2, 0.25) is 0 Å². The van der Waals surface area contributed by atoms with Crippen LogP contribution >= 0.6 is 0 Å². The highest BCUT2D eigenvalue weighted by atomic mass is 16.6. The fraction of sp³-hybridized carbons (Fsp3) is 0.455. The van der Waals surface area contributed by atoms with Crippen molar-refractivity contribution in [1.29, 1.82) is 0 Å². The third-order valence-corrected chi connectivity index (χ3v) is 1.96. The van der Waals surface area contributed by atoms with E-state index in [-0.39, 0.29) is 17.4 Å². The number of carbonyl (C=O) groups excluding carboxylic acids is 2. The second-order valence-electron chi connectivity index (χ2n) is 4.80. The Bertz CT molecular complexity index is 531. The molecule has 1 heterocycles. The molecule has 0 fully saturated rings. The summed E-state index contributed by atoms with van der Waals surface area (Å²) < 4.78 is 14.3. The fourth-order valence-electron chi connectivity index (χ4n) is 1.24. The van der Waals surface area contributed by atoms with Crippen LogP contribution in [0.1, 0.15) is 31.3 Å². The second kappa shape index (κ2) is 6.89. The molecule has 10 heteroatoms. The molecule has 0 atom stereocenters. The van der Waals surface area contributed by atoms with Gasteiger partial charge in [-0.3, -0.25) is 5.32 Å². The lowest BCUT2D eigenvalue weighted by Gasteiger charge is -2.19. The van der Waals surface area contributed by atoms with Gasteiger partial charge in [-0.15, -0.1) is 0 Å². The van der Waals surface area contributed by atoms with Crippen LogP contribution in [0.25, 0.3) is 0 Å². The quantitative estimate of drug-likeness (QED) is 0.599. The third kappa shape index (κ3) is 5.26. The van der Waals surface area contributed by atoms with E-state index in [1.807, 2.05) is 0 Å². The normalized spacial score (nSPS) is 10.5. The first-order chi connectivity index (χ1) is 9.76. The molecule has 0 saturated carbocycles. The van der Waals surface area contributed by atoms with Crippen molar-refractivity contribution in [2.45, 2.75) is 26.4 Å². The molecular formula is C11H16BN3O6. The SMILES string of the molecule is COC(=O)c1nc(OBO)cnc1NC(=O)OC(C)(C)C. The molecule has 0 aliphatic rings. The Morgan fingerprint density at radius 3 is 2.57 bits per heavy atom. The van der Waals surface area contributed by atoms with Gasteiger partial charge in [0.2, 0.25) is 5.88 Å². The molecule has 21 heavy (non-hydrogen) atoms. The molecule has 0 unspecified atom stereocenters. The first-order valence-corrected chi connectivity index (χ1v) is 5.96. The van der Waals surface area contributed by atoms with Crippen LogP contribution < -0.4 is 9.97 Å². The first kappa shape index (κ1) is 16.7. The van der Waals surface area contributed by atoms with Crippen molar-refractivity contribution in [3.05, 3.63) is 11.9 Å². The Morgan fingerprint density at radius 2 is 2.05 bits per heavy atom. The van der Waals surface area contributed by atoms with Gasteiger partial charge in [0, 0.05) is 0 Å². The van der Waals surface area contributed by atoms with Gasteiger partial charge in [-0.1, -0.05) is 0 Å². The van der Waals surface area contributed by atoms with E-state index in [4.69, 9.17) is 14.4 Å². The van der Waals surface area contributed by atoms with E-state index >= 15 is 0 Å². The van der Waals surface area contributed by atoms with Crippen molar-refractivity contribution in [2.24, 2.45) is 0 Å². The van der Waals surface area contributed by atoms with Crippen molar-refractivity contribution in [3.8, 4) is 5.88 Å². The zero-order chi connectivity index (χ0) is 16.0. The van der Waals surface area contributed by atoms with Gasteiger partial charge >= 0.3 is 19.7 Å². The van der Waals surface area contributed by atoms with Crippen molar-refractivity contribution >= 4 is 25.6 Å². The zero-order valence-corrected chi connectivity index (χ0v) is 12.2. The van der Waals surface area contributed by atoms with Crippen LogP contribution in [0.15, 0.2) is 6.20 Å². The van der Waals surface area contributed by atoms with Gasteiger partial charge in [0.05, 0.1) is 13.3 Å². The lowest BCUT2D eigenvalue weighted by atomic mass is 10.2. The summed E-state index contributed by atoms with van der Waals surface area (Å²) in [5, 5.41) is 11.0. The Morgan fingerprint density at radius 1 is 1.38 bits per heavy atom.